The Morgan fingerprint density at radius 2 is 2.29 bits per heavy atom. The first-order valence-electron chi connectivity index (χ1n) is 4.58. The fraction of sp³-hybridized carbons (Fsp3) is 0.556. The molecule has 0 aliphatic rings. The van der Waals surface area contributed by atoms with Crippen LogP contribution in [0.5, 0.6) is 0 Å². The first-order chi connectivity index (χ1) is 6.81. The molecule has 0 aliphatic heterocycles. The molecule has 0 fully saturated rings. The predicted molar refractivity (Wildman–Crippen MR) is 65.6 cm³/mol. The van der Waals surface area contributed by atoms with Crippen molar-refractivity contribution in [2.45, 2.75) is 13.8 Å². The van der Waals surface area contributed by atoms with E-state index in [4.69, 9.17) is 0 Å². The molecule has 0 N–H and O–H groups in total. The van der Waals surface area contributed by atoms with Gasteiger partial charge in [-0.05, 0) is 20.1 Å². The second-order valence-corrected chi connectivity index (χ2v) is 4.23. The van der Waals surface area contributed by atoms with Crippen LogP contribution in [0, 0.1) is 0 Å². The highest BCUT2D eigenvalue weighted by atomic mass is 32.2. The molecule has 0 atom stereocenters. The van der Waals surface area contributed by atoms with Crippen molar-refractivity contribution in [3.63, 3.8) is 0 Å². The van der Waals surface area contributed by atoms with Gasteiger partial charge in [0.05, 0.1) is 0 Å². The van der Waals surface area contributed by atoms with Gasteiger partial charge in [-0.1, -0.05) is 11.8 Å². The highest BCUT2D eigenvalue weighted by Gasteiger charge is 2.06. The van der Waals surface area contributed by atoms with Crippen LogP contribution < -0.4 is 0 Å². The molecule has 0 aromatic carbocycles. The third kappa shape index (κ3) is 2.99. The van der Waals surface area contributed by atoms with Crippen LogP contribution in [0.2, 0.25) is 0 Å². The highest BCUT2D eigenvalue weighted by molar-refractivity contribution is 8.13. The second kappa shape index (κ2) is 6.03. The molecule has 0 radical (unpaired) electrons. The van der Waals surface area contributed by atoms with E-state index in [1.54, 1.807) is 29.3 Å². The topological polar surface area (TPSA) is 28.5 Å². The van der Waals surface area contributed by atoms with Crippen molar-refractivity contribution >= 4 is 33.4 Å². The summed E-state index contributed by atoms with van der Waals surface area (Å²) in [6.07, 6.45) is 3.83. The van der Waals surface area contributed by atoms with Crippen molar-refractivity contribution in [1.82, 2.24) is 9.88 Å². The van der Waals surface area contributed by atoms with Crippen LogP contribution in [0.15, 0.2) is 16.6 Å². The number of amidine groups is 1. The zero-order chi connectivity index (χ0) is 10.4. The maximum absolute atomic E-state index is 4.49. The molecule has 14 heavy (non-hydrogen) atoms. The van der Waals surface area contributed by atoms with E-state index in [-0.39, 0.29) is 0 Å². The molecule has 0 saturated carbocycles. The van der Waals surface area contributed by atoms with E-state index in [1.807, 2.05) is 11.6 Å². The largest absolute Gasteiger partial charge is 0.352 e. The van der Waals surface area contributed by atoms with Crippen LogP contribution in [0.4, 0.5) is 5.13 Å². The molecule has 5 heteroatoms. The van der Waals surface area contributed by atoms with E-state index < -0.39 is 0 Å². The lowest BCUT2D eigenvalue weighted by Gasteiger charge is -2.20. The molecule has 0 unspecified atom stereocenters. The SMILES string of the molecule is CCN(CC)/C(=N/c1nccs1)SC. The molecule has 1 rings (SSSR count). The summed E-state index contributed by atoms with van der Waals surface area (Å²) in [6.45, 7) is 6.25. The Morgan fingerprint density at radius 1 is 1.57 bits per heavy atom. The zero-order valence-electron chi connectivity index (χ0n) is 8.73. The number of aliphatic imine (C=N–C) groups is 1. The third-order valence-electron chi connectivity index (χ3n) is 1.83. The summed E-state index contributed by atoms with van der Waals surface area (Å²) in [7, 11) is 0. The van der Waals surface area contributed by atoms with Crippen LogP contribution in [-0.4, -0.2) is 34.4 Å². The molecule has 0 amide bonds. The zero-order valence-corrected chi connectivity index (χ0v) is 10.4. The van der Waals surface area contributed by atoms with Crippen molar-refractivity contribution < 1.29 is 0 Å². The summed E-state index contributed by atoms with van der Waals surface area (Å²) in [6, 6.07) is 0. The number of hydrogen-bond acceptors (Lipinski definition) is 4. The molecule has 0 spiro atoms. The molecule has 0 saturated heterocycles. The minimum absolute atomic E-state index is 0.834. The molecular formula is C9H15N3S2. The molecular weight excluding hydrogens is 214 g/mol. The summed E-state index contributed by atoms with van der Waals surface area (Å²) in [5, 5.41) is 3.82. The smallest absolute Gasteiger partial charge is 0.211 e. The third-order valence-corrected chi connectivity index (χ3v) is 3.21. The number of rotatable bonds is 3. The summed E-state index contributed by atoms with van der Waals surface area (Å²) in [5.74, 6) is 0. The average molecular weight is 229 g/mol. The van der Waals surface area contributed by atoms with Gasteiger partial charge in [0.15, 0.2) is 5.17 Å². The van der Waals surface area contributed by atoms with Gasteiger partial charge in [0.2, 0.25) is 5.13 Å². The van der Waals surface area contributed by atoms with Crippen molar-refractivity contribution in [2.75, 3.05) is 19.3 Å². The minimum atomic E-state index is 0.834. The first kappa shape index (κ1) is 11.5. The Bertz CT molecular complexity index is 278. The molecule has 3 nitrogen and oxygen atoms in total. The fourth-order valence-electron chi connectivity index (χ4n) is 1.09. The van der Waals surface area contributed by atoms with E-state index in [2.05, 4.69) is 28.7 Å². The lowest BCUT2D eigenvalue weighted by atomic mass is 10.6. The standard InChI is InChI=1S/C9H15N3S2/c1-4-12(5-2)9(13-3)11-8-10-6-7-14-8/h6-7H,4-5H2,1-3H3/b11-9-. The van der Waals surface area contributed by atoms with E-state index in [0.29, 0.717) is 0 Å². The number of aromatic nitrogens is 1. The predicted octanol–water partition coefficient (Wildman–Crippen LogP) is 2.84. The van der Waals surface area contributed by atoms with Crippen LogP contribution in [0.1, 0.15) is 13.8 Å². The quantitative estimate of drug-likeness (QED) is 0.589. The normalized spacial score (nSPS) is 11.8. The Balaban J connectivity index is 2.79. The highest BCUT2D eigenvalue weighted by Crippen LogP contribution is 2.18. The second-order valence-electron chi connectivity index (χ2n) is 2.59. The molecule has 0 aliphatic carbocycles. The van der Waals surface area contributed by atoms with Gasteiger partial charge in [0, 0.05) is 24.7 Å². The van der Waals surface area contributed by atoms with Gasteiger partial charge in [-0.25, -0.2) is 4.98 Å². The average Bonchev–Trinajstić information content (AvgIpc) is 2.70. The summed E-state index contributed by atoms with van der Waals surface area (Å²) in [4.78, 5) is 10.9. The summed E-state index contributed by atoms with van der Waals surface area (Å²) in [5.41, 5.74) is 0. The molecule has 1 aromatic heterocycles. The summed E-state index contributed by atoms with van der Waals surface area (Å²) < 4.78 is 0. The first-order valence-corrected chi connectivity index (χ1v) is 6.69. The Labute approximate surface area is 93.3 Å². The minimum Gasteiger partial charge on any atom is -0.352 e. The van der Waals surface area contributed by atoms with Gasteiger partial charge in [-0.15, -0.1) is 11.3 Å². The van der Waals surface area contributed by atoms with Gasteiger partial charge in [0.1, 0.15) is 0 Å². The van der Waals surface area contributed by atoms with Gasteiger partial charge in [-0.2, -0.15) is 4.99 Å². The van der Waals surface area contributed by atoms with Crippen LogP contribution >= 0.6 is 23.1 Å². The van der Waals surface area contributed by atoms with Crippen molar-refractivity contribution in [1.29, 1.82) is 0 Å². The lowest BCUT2D eigenvalue weighted by Crippen LogP contribution is -2.27. The van der Waals surface area contributed by atoms with E-state index >= 15 is 0 Å². The maximum atomic E-state index is 4.49. The molecule has 1 aromatic rings. The van der Waals surface area contributed by atoms with E-state index in [0.717, 1.165) is 23.4 Å². The number of nitrogens with zero attached hydrogens (tertiary/aromatic N) is 3. The van der Waals surface area contributed by atoms with E-state index in [9.17, 15) is 0 Å². The van der Waals surface area contributed by atoms with Crippen LogP contribution in [0.3, 0.4) is 0 Å². The van der Waals surface area contributed by atoms with E-state index in [1.165, 1.54) is 0 Å². The van der Waals surface area contributed by atoms with Crippen molar-refractivity contribution in [2.24, 2.45) is 4.99 Å². The van der Waals surface area contributed by atoms with Crippen LogP contribution in [0.25, 0.3) is 0 Å². The fourth-order valence-corrected chi connectivity index (χ4v) is 2.35. The van der Waals surface area contributed by atoms with Gasteiger partial charge >= 0.3 is 0 Å². The molecule has 78 valence electrons. The Kier molecular flexibility index (Phi) is 4.97. The number of hydrogen-bond donors (Lipinski definition) is 0. The molecule has 1 heterocycles. The lowest BCUT2D eigenvalue weighted by molar-refractivity contribution is 0.475. The van der Waals surface area contributed by atoms with Gasteiger partial charge in [-0.3, -0.25) is 0 Å². The number of thioether (sulfide) groups is 1. The number of thiazole rings is 1. The van der Waals surface area contributed by atoms with Crippen molar-refractivity contribution in [3.05, 3.63) is 11.6 Å². The molecule has 0 bridgehead atoms. The summed E-state index contributed by atoms with van der Waals surface area (Å²) >= 11 is 3.23. The Hall–Kier alpha value is -0.550. The van der Waals surface area contributed by atoms with Crippen LogP contribution in [-0.2, 0) is 0 Å². The van der Waals surface area contributed by atoms with Gasteiger partial charge in [0.25, 0.3) is 0 Å². The van der Waals surface area contributed by atoms with Crippen molar-refractivity contribution in [3.8, 4) is 0 Å². The van der Waals surface area contributed by atoms with Gasteiger partial charge < -0.3 is 4.90 Å². The Morgan fingerprint density at radius 3 is 2.71 bits per heavy atom. The maximum Gasteiger partial charge on any atom is 0.211 e. The monoisotopic (exact) mass is 229 g/mol.